The van der Waals surface area contributed by atoms with Crippen LogP contribution in [0.5, 0.6) is 5.75 Å². The van der Waals surface area contributed by atoms with E-state index >= 15 is 0 Å². The molecule has 31 heavy (non-hydrogen) atoms. The number of thioether (sulfide) groups is 1. The maximum absolute atomic E-state index is 5.56. The van der Waals surface area contributed by atoms with Gasteiger partial charge in [0.2, 0.25) is 0 Å². The molecule has 2 aromatic heterocycles. The van der Waals surface area contributed by atoms with Crippen molar-refractivity contribution in [3.8, 4) is 17.2 Å². The van der Waals surface area contributed by atoms with E-state index in [0.29, 0.717) is 5.89 Å². The summed E-state index contributed by atoms with van der Waals surface area (Å²) >= 11 is 2.00. The highest BCUT2D eigenvalue weighted by atomic mass is 32.2. The van der Waals surface area contributed by atoms with Crippen molar-refractivity contribution in [3.63, 3.8) is 0 Å². The first kappa shape index (κ1) is 20.1. The summed E-state index contributed by atoms with van der Waals surface area (Å²) in [5, 5.41) is 4.27. The van der Waals surface area contributed by atoms with Gasteiger partial charge in [0.25, 0.3) is 5.89 Å². The minimum absolute atomic E-state index is 0.281. The van der Waals surface area contributed by atoms with Gasteiger partial charge in [-0.1, -0.05) is 17.3 Å². The first-order chi connectivity index (χ1) is 15.3. The summed E-state index contributed by atoms with van der Waals surface area (Å²) in [6.45, 7) is 3.93. The fraction of sp³-hybridized carbons (Fsp3) is 0.455. The molecular weight excluding hydrogens is 412 g/mol. The lowest BCUT2D eigenvalue weighted by atomic mass is 9.96. The van der Waals surface area contributed by atoms with Crippen LogP contribution in [-0.2, 0) is 0 Å². The number of hydrogen-bond donors (Lipinski definition) is 0. The second kappa shape index (κ2) is 9.13. The third-order valence-corrected chi connectivity index (χ3v) is 6.88. The van der Waals surface area contributed by atoms with E-state index in [4.69, 9.17) is 9.26 Å². The Hall–Kier alpha value is -2.81. The summed E-state index contributed by atoms with van der Waals surface area (Å²) < 4.78 is 11.0. The molecular formula is C22H26N6O2S. The van der Waals surface area contributed by atoms with Crippen LogP contribution in [0.15, 0.2) is 41.2 Å². The minimum Gasteiger partial charge on any atom is -0.496 e. The monoisotopic (exact) mass is 438 g/mol. The standard InChI is InChI=1S/C22H26N6O2S/c1-29-18-5-3-2-4-17(18)22-25-21(26-30-22)16-6-8-27(9-7-16)19-14-20(24-15-23-19)28-10-12-31-13-11-28/h2-5,14-16H,6-13H2,1H3. The van der Waals surface area contributed by atoms with Crippen LogP contribution < -0.4 is 14.5 Å². The molecule has 0 aliphatic carbocycles. The van der Waals surface area contributed by atoms with Gasteiger partial charge in [-0.25, -0.2) is 9.97 Å². The summed E-state index contributed by atoms with van der Waals surface area (Å²) in [6.07, 6.45) is 3.62. The van der Waals surface area contributed by atoms with Crippen molar-refractivity contribution in [2.45, 2.75) is 18.8 Å². The molecule has 3 aromatic rings. The number of methoxy groups -OCH3 is 1. The Labute approximate surface area is 186 Å². The molecule has 0 amide bonds. The van der Waals surface area contributed by atoms with E-state index in [1.54, 1.807) is 13.4 Å². The largest absolute Gasteiger partial charge is 0.496 e. The first-order valence-corrected chi connectivity index (χ1v) is 11.8. The smallest absolute Gasteiger partial charge is 0.261 e. The van der Waals surface area contributed by atoms with Crippen LogP contribution in [-0.4, -0.2) is 64.9 Å². The van der Waals surface area contributed by atoms with Gasteiger partial charge >= 0.3 is 0 Å². The van der Waals surface area contributed by atoms with Gasteiger partial charge in [0.1, 0.15) is 23.7 Å². The summed E-state index contributed by atoms with van der Waals surface area (Å²) in [7, 11) is 1.65. The molecule has 1 aromatic carbocycles. The predicted octanol–water partition coefficient (Wildman–Crippen LogP) is 3.47. The maximum Gasteiger partial charge on any atom is 0.261 e. The second-order valence-corrected chi connectivity index (χ2v) is 8.98. The molecule has 5 rings (SSSR count). The lowest BCUT2D eigenvalue weighted by Crippen LogP contribution is -2.35. The molecule has 0 N–H and O–H groups in total. The predicted molar refractivity (Wildman–Crippen MR) is 122 cm³/mol. The normalized spacial score (nSPS) is 17.7. The van der Waals surface area contributed by atoms with Crippen LogP contribution in [0.25, 0.3) is 11.5 Å². The van der Waals surface area contributed by atoms with Crippen molar-refractivity contribution in [1.29, 1.82) is 0 Å². The molecule has 4 heterocycles. The Bertz CT molecular complexity index is 1010. The lowest BCUT2D eigenvalue weighted by Gasteiger charge is -2.32. The average molecular weight is 439 g/mol. The highest BCUT2D eigenvalue weighted by Gasteiger charge is 2.26. The zero-order chi connectivity index (χ0) is 21.0. The third kappa shape index (κ3) is 4.32. The first-order valence-electron chi connectivity index (χ1n) is 10.7. The van der Waals surface area contributed by atoms with E-state index in [1.807, 2.05) is 36.0 Å². The van der Waals surface area contributed by atoms with E-state index in [0.717, 1.165) is 79.3 Å². The number of aromatic nitrogens is 4. The Morgan fingerprint density at radius 3 is 2.45 bits per heavy atom. The van der Waals surface area contributed by atoms with Gasteiger partial charge in [0, 0.05) is 49.7 Å². The molecule has 0 bridgehead atoms. The van der Waals surface area contributed by atoms with Crippen molar-refractivity contribution in [3.05, 3.63) is 42.5 Å². The highest BCUT2D eigenvalue weighted by Crippen LogP contribution is 2.33. The van der Waals surface area contributed by atoms with E-state index in [9.17, 15) is 0 Å². The van der Waals surface area contributed by atoms with E-state index in [2.05, 4.69) is 36.0 Å². The summed E-state index contributed by atoms with van der Waals surface area (Å²) in [6, 6.07) is 9.84. The topological polar surface area (TPSA) is 80.4 Å². The number of anilines is 2. The van der Waals surface area contributed by atoms with Gasteiger partial charge in [-0.2, -0.15) is 16.7 Å². The molecule has 9 heteroatoms. The molecule has 2 fully saturated rings. The van der Waals surface area contributed by atoms with Crippen molar-refractivity contribution in [2.75, 3.05) is 54.6 Å². The zero-order valence-electron chi connectivity index (χ0n) is 17.6. The van der Waals surface area contributed by atoms with Crippen molar-refractivity contribution < 1.29 is 9.26 Å². The molecule has 0 spiro atoms. The number of piperidine rings is 1. The molecule has 0 unspecified atom stereocenters. The maximum atomic E-state index is 5.56. The lowest BCUT2D eigenvalue weighted by molar-refractivity contribution is 0.393. The summed E-state index contributed by atoms with van der Waals surface area (Å²) in [5.74, 6) is 6.66. The molecule has 8 nitrogen and oxygen atoms in total. The summed E-state index contributed by atoms with van der Waals surface area (Å²) in [4.78, 5) is 18.4. The number of rotatable bonds is 5. The second-order valence-electron chi connectivity index (χ2n) is 7.75. The van der Waals surface area contributed by atoms with E-state index < -0.39 is 0 Å². The zero-order valence-corrected chi connectivity index (χ0v) is 18.4. The van der Waals surface area contributed by atoms with Gasteiger partial charge < -0.3 is 19.1 Å². The van der Waals surface area contributed by atoms with Gasteiger partial charge in [0.15, 0.2) is 5.82 Å². The van der Waals surface area contributed by atoms with E-state index in [-0.39, 0.29) is 5.92 Å². The number of nitrogens with zero attached hydrogens (tertiary/aromatic N) is 6. The Morgan fingerprint density at radius 1 is 1.00 bits per heavy atom. The van der Waals surface area contributed by atoms with Crippen LogP contribution in [0.3, 0.4) is 0 Å². The highest BCUT2D eigenvalue weighted by molar-refractivity contribution is 7.99. The van der Waals surface area contributed by atoms with Gasteiger partial charge in [-0.15, -0.1) is 0 Å². The van der Waals surface area contributed by atoms with Crippen molar-refractivity contribution in [1.82, 2.24) is 20.1 Å². The van der Waals surface area contributed by atoms with Crippen molar-refractivity contribution >= 4 is 23.4 Å². The van der Waals surface area contributed by atoms with Crippen LogP contribution in [0.2, 0.25) is 0 Å². The average Bonchev–Trinajstić information content (AvgIpc) is 3.35. The number of para-hydroxylation sites is 1. The number of hydrogen-bond acceptors (Lipinski definition) is 9. The quantitative estimate of drug-likeness (QED) is 0.595. The SMILES string of the molecule is COc1ccccc1-c1nc(C2CCN(c3cc(N4CCSCC4)ncn3)CC2)no1. The Kier molecular flexibility index (Phi) is 5.93. The molecule has 2 saturated heterocycles. The van der Waals surface area contributed by atoms with Crippen LogP contribution >= 0.6 is 11.8 Å². The molecule has 2 aliphatic rings. The minimum atomic E-state index is 0.281. The van der Waals surface area contributed by atoms with E-state index in [1.165, 1.54) is 0 Å². The molecule has 0 radical (unpaired) electrons. The molecule has 0 atom stereocenters. The third-order valence-electron chi connectivity index (χ3n) is 5.94. The number of ether oxygens (including phenoxy) is 1. The van der Waals surface area contributed by atoms with Crippen LogP contribution in [0, 0.1) is 0 Å². The molecule has 162 valence electrons. The molecule has 2 aliphatic heterocycles. The summed E-state index contributed by atoms with van der Waals surface area (Å²) in [5.41, 5.74) is 0.825. The Balaban J connectivity index is 1.25. The fourth-order valence-corrected chi connectivity index (χ4v) is 5.08. The fourth-order valence-electron chi connectivity index (χ4n) is 4.17. The van der Waals surface area contributed by atoms with Gasteiger partial charge in [0.05, 0.1) is 12.7 Å². The molecule has 0 saturated carbocycles. The number of benzene rings is 1. The van der Waals surface area contributed by atoms with Crippen molar-refractivity contribution in [2.24, 2.45) is 0 Å². The van der Waals surface area contributed by atoms with Gasteiger partial charge in [-0.3, -0.25) is 0 Å². The van der Waals surface area contributed by atoms with Gasteiger partial charge in [-0.05, 0) is 25.0 Å². The van der Waals surface area contributed by atoms with Crippen LogP contribution in [0.4, 0.5) is 11.6 Å². The Morgan fingerprint density at radius 2 is 1.71 bits per heavy atom. The van der Waals surface area contributed by atoms with Crippen LogP contribution in [0.1, 0.15) is 24.6 Å².